The van der Waals surface area contributed by atoms with Crippen molar-refractivity contribution < 1.29 is 23.8 Å². The summed E-state index contributed by atoms with van der Waals surface area (Å²) in [6, 6.07) is 16.9. The Balaban J connectivity index is 2.00. The number of rotatable bonds is 12. The van der Waals surface area contributed by atoms with E-state index >= 15 is 0 Å². The van der Waals surface area contributed by atoms with Gasteiger partial charge in [-0.1, -0.05) is 36.4 Å². The SMILES string of the molecule is CCOC(=O)COc1ccc(/C=C(/C#N)C(=O)NCCCc2ccccc2)cc1OCC. The summed E-state index contributed by atoms with van der Waals surface area (Å²) in [6.45, 7) is 4.43. The largest absolute Gasteiger partial charge is 0.490 e. The Kier molecular flexibility index (Phi) is 10.3. The topological polar surface area (TPSA) is 97.7 Å². The van der Waals surface area contributed by atoms with Crippen molar-refractivity contribution in [3.05, 3.63) is 65.2 Å². The second-order valence-corrected chi connectivity index (χ2v) is 6.75. The van der Waals surface area contributed by atoms with Gasteiger partial charge in [0.1, 0.15) is 11.6 Å². The summed E-state index contributed by atoms with van der Waals surface area (Å²) in [5.41, 5.74) is 1.80. The molecule has 7 heteroatoms. The van der Waals surface area contributed by atoms with E-state index in [1.807, 2.05) is 43.3 Å². The molecule has 0 aliphatic rings. The van der Waals surface area contributed by atoms with E-state index in [1.54, 1.807) is 25.1 Å². The predicted octanol–water partition coefficient (Wildman–Crippen LogP) is 3.68. The zero-order valence-corrected chi connectivity index (χ0v) is 18.4. The summed E-state index contributed by atoms with van der Waals surface area (Å²) < 4.78 is 15.9. The molecule has 0 aliphatic carbocycles. The van der Waals surface area contributed by atoms with Gasteiger partial charge in [0, 0.05) is 6.54 Å². The summed E-state index contributed by atoms with van der Waals surface area (Å²) >= 11 is 0. The highest BCUT2D eigenvalue weighted by Gasteiger charge is 2.12. The molecule has 0 bridgehead atoms. The average molecular weight is 437 g/mol. The highest BCUT2D eigenvalue weighted by Crippen LogP contribution is 2.29. The number of nitrogens with zero attached hydrogens (tertiary/aromatic N) is 1. The summed E-state index contributed by atoms with van der Waals surface area (Å²) in [7, 11) is 0. The first-order chi connectivity index (χ1) is 15.6. The van der Waals surface area contributed by atoms with Gasteiger partial charge in [0.25, 0.3) is 5.91 Å². The second kappa shape index (κ2) is 13.5. The van der Waals surface area contributed by atoms with Crippen molar-refractivity contribution in [3.8, 4) is 17.6 Å². The van der Waals surface area contributed by atoms with Crippen LogP contribution in [-0.2, 0) is 20.7 Å². The number of esters is 1. The molecule has 0 radical (unpaired) electrons. The normalized spacial score (nSPS) is 10.7. The molecule has 0 saturated heterocycles. The molecule has 0 aliphatic heterocycles. The molecule has 0 unspecified atom stereocenters. The molecule has 0 heterocycles. The van der Waals surface area contributed by atoms with E-state index in [0.717, 1.165) is 12.8 Å². The van der Waals surface area contributed by atoms with Crippen LogP contribution in [0.1, 0.15) is 31.4 Å². The van der Waals surface area contributed by atoms with Crippen LogP contribution >= 0.6 is 0 Å². The van der Waals surface area contributed by atoms with E-state index in [-0.39, 0.29) is 18.8 Å². The molecule has 0 atom stereocenters. The van der Waals surface area contributed by atoms with Crippen molar-refractivity contribution in [2.75, 3.05) is 26.4 Å². The van der Waals surface area contributed by atoms with Crippen LogP contribution in [0.3, 0.4) is 0 Å². The Labute approximate surface area is 188 Å². The van der Waals surface area contributed by atoms with Gasteiger partial charge in [-0.2, -0.15) is 5.26 Å². The van der Waals surface area contributed by atoms with Gasteiger partial charge in [0.2, 0.25) is 0 Å². The van der Waals surface area contributed by atoms with E-state index < -0.39 is 11.9 Å². The van der Waals surface area contributed by atoms with Crippen LogP contribution < -0.4 is 14.8 Å². The molecule has 0 fully saturated rings. The number of amides is 1. The fraction of sp³-hybridized carbons (Fsp3) is 0.320. The van der Waals surface area contributed by atoms with Crippen LogP contribution in [0.2, 0.25) is 0 Å². The number of ether oxygens (including phenoxy) is 3. The van der Waals surface area contributed by atoms with Crippen LogP contribution in [0, 0.1) is 11.3 Å². The maximum Gasteiger partial charge on any atom is 0.344 e. The minimum atomic E-state index is -0.477. The summed E-state index contributed by atoms with van der Waals surface area (Å²) in [5, 5.41) is 12.2. The fourth-order valence-electron chi connectivity index (χ4n) is 2.89. The van der Waals surface area contributed by atoms with Crippen LogP contribution in [-0.4, -0.2) is 38.2 Å². The minimum absolute atomic E-state index is 0.00708. The highest BCUT2D eigenvalue weighted by atomic mass is 16.6. The molecule has 1 amide bonds. The molecule has 2 aromatic rings. The van der Waals surface area contributed by atoms with E-state index in [4.69, 9.17) is 14.2 Å². The third kappa shape index (κ3) is 8.15. The maximum atomic E-state index is 12.4. The Hall–Kier alpha value is -3.79. The quantitative estimate of drug-likeness (QED) is 0.236. The van der Waals surface area contributed by atoms with E-state index in [0.29, 0.717) is 30.2 Å². The molecular weight excluding hydrogens is 408 g/mol. The van der Waals surface area contributed by atoms with E-state index in [9.17, 15) is 14.9 Å². The standard InChI is InChI=1S/C25H28N2O5/c1-3-30-23-16-20(12-13-22(23)32-18-24(28)31-4-2)15-21(17-26)25(29)27-14-8-11-19-9-6-5-7-10-19/h5-7,9-10,12-13,15-16H,3-4,8,11,14,18H2,1-2H3,(H,27,29)/b21-15-. The van der Waals surface area contributed by atoms with Crippen molar-refractivity contribution in [1.29, 1.82) is 5.26 Å². The first kappa shape index (κ1) is 24.5. The zero-order valence-electron chi connectivity index (χ0n) is 18.4. The van der Waals surface area contributed by atoms with E-state index in [1.165, 1.54) is 11.6 Å². The molecule has 1 N–H and O–H groups in total. The van der Waals surface area contributed by atoms with Gasteiger partial charge in [0.05, 0.1) is 13.2 Å². The Morgan fingerprint density at radius 3 is 2.50 bits per heavy atom. The van der Waals surface area contributed by atoms with Gasteiger partial charge in [-0.25, -0.2) is 4.79 Å². The lowest BCUT2D eigenvalue weighted by Crippen LogP contribution is -2.25. The number of nitriles is 1. The molecule has 32 heavy (non-hydrogen) atoms. The first-order valence-corrected chi connectivity index (χ1v) is 10.6. The number of aryl methyl sites for hydroxylation is 1. The Morgan fingerprint density at radius 2 is 1.81 bits per heavy atom. The Bertz CT molecular complexity index is 964. The fourth-order valence-corrected chi connectivity index (χ4v) is 2.89. The van der Waals surface area contributed by atoms with Gasteiger partial charge in [-0.05, 0) is 56.0 Å². The monoisotopic (exact) mass is 436 g/mol. The van der Waals surface area contributed by atoms with Gasteiger partial charge < -0.3 is 19.5 Å². The van der Waals surface area contributed by atoms with Crippen molar-refractivity contribution >= 4 is 18.0 Å². The number of hydrogen-bond donors (Lipinski definition) is 1. The summed E-state index contributed by atoms with van der Waals surface area (Å²) in [5.74, 6) is -0.122. The number of carbonyl (C=O) groups excluding carboxylic acids is 2. The van der Waals surface area contributed by atoms with Crippen LogP contribution in [0.4, 0.5) is 0 Å². The van der Waals surface area contributed by atoms with Crippen LogP contribution in [0.5, 0.6) is 11.5 Å². The molecule has 0 spiro atoms. The smallest absolute Gasteiger partial charge is 0.344 e. The van der Waals surface area contributed by atoms with Gasteiger partial charge in [-0.3, -0.25) is 4.79 Å². The third-order valence-electron chi connectivity index (χ3n) is 4.37. The van der Waals surface area contributed by atoms with Gasteiger partial charge in [0.15, 0.2) is 18.1 Å². The predicted molar refractivity (Wildman–Crippen MR) is 121 cm³/mol. The van der Waals surface area contributed by atoms with Crippen LogP contribution in [0.15, 0.2) is 54.1 Å². The molecular formula is C25H28N2O5. The molecule has 2 aromatic carbocycles. The summed E-state index contributed by atoms with van der Waals surface area (Å²) in [6.07, 6.45) is 3.11. The van der Waals surface area contributed by atoms with Crippen molar-refractivity contribution in [2.24, 2.45) is 0 Å². The van der Waals surface area contributed by atoms with E-state index in [2.05, 4.69) is 5.32 Å². The molecule has 0 saturated carbocycles. The second-order valence-electron chi connectivity index (χ2n) is 6.75. The molecule has 0 aromatic heterocycles. The lowest BCUT2D eigenvalue weighted by molar-refractivity contribution is -0.145. The lowest BCUT2D eigenvalue weighted by Gasteiger charge is -2.12. The highest BCUT2D eigenvalue weighted by molar-refractivity contribution is 6.01. The molecule has 2 rings (SSSR count). The zero-order chi connectivity index (χ0) is 23.2. The van der Waals surface area contributed by atoms with Crippen molar-refractivity contribution in [3.63, 3.8) is 0 Å². The number of benzene rings is 2. The maximum absolute atomic E-state index is 12.4. The number of nitrogens with one attached hydrogen (secondary N) is 1. The molecule has 168 valence electrons. The Morgan fingerprint density at radius 1 is 1.03 bits per heavy atom. The van der Waals surface area contributed by atoms with Gasteiger partial charge >= 0.3 is 5.97 Å². The van der Waals surface area contributed by atoms with Crippen molar-refractivity contribution in [2.45, 2.75) is 26.7 Å². The van der Waals surface area contributed by atoms with Crippen LogP contribution in [0.25, 0.3) is 6.08 Å². The number of hydrogen-bond acceptors (Lipinski definition) is 6. The summed E-state index contributed by atoms with van der Waals surface area (Å²) in [4.78, 5) is 23.9. The minimum Gasteiger partial charge on any atom is -0.490 e. The average Bonchev–Trinajstić information content (AvgIpc) is 2.80. The first-order valence-electron chi connectivity index (χ1n) is 10.6. The third-order valence-corrected chi connectivity index (χ3v) is 4.37. The number of carbonyl (C=O) groups is 2. The lowest BCUT2D eigenvalue weighted by atomic mass is 10.1. The van der Waals surface area contributed by atoms with Crippen molar-refractivity contribution in [1.82, 2.24) is 5.32 Å². The molecule has 7 nitrogen and oxygen atoms in total. The van der Waals surface area contributed by atoms with Gasteiger partial charge in [-0.15, -0.1) is 0 Å².